The lowest BCUT2D eigenvalue weighted by Gasteiger charge is -2.31. The van der Waals surface area contributed by atoms with Crippen molar-refractivity contribution in [2.45, 2.75) is 6.92 Å². The second-order valence-corrected chi connectivity index (χ2v) is 8.28. The number of carboxylic acids is 4. The Labute approximate surface area is 219 Å². The van der Waals surface area contributed by atoms with Crippen LogP contribution in [0.25, 0.3) is 11.3 Å². The summed E-state index contributed by atoms with van der Waals surface area (Å²) in [6, 6.07) is 3.54. The molecule has 2 aromatic heterocycles. The lowest BCUT2D eigenvalue weighted by atomic mass is 10.1. The molecule has 1 saturated heterocycles. The van der Waals surface area contributed by atoms with E-state index in [2.05, 4.69) is 22.2 Å². The third kappa shape index (κ3) is 10.8. The van der Waals surface area contributed by atoms with Crippen LogP contribution < -0.4 is 5.32 Å². The molecule has 0 saturated carbocycles. The predicted octanol–water partition coefficient (Wildman–Crippen LogP) is 0.682. The average molecular weight is 558 g/mol. The Morgan fingerprint density at radius 1 is 0.974 bits per heavy atom. The lowest BCUT2D eigenvalue weighted by Crippen LogP contribution is -2.47. The van der Waals surface area contributed by atoms with E-state index in [1.54, 1.807) is 30.7 Å². The zero-order valence-electron chi connectivity index (χ0n) is 20.4. The summed E-state index contributed by atoms with van der Waals surface area (Å²) in [6.07, 6.45) is 1.55. The number of likely N-dealkylation sites (N-methyl/N-ethyl adjacent to an activating group) is 1. The predicted molar refractivity (Wildman–Crippen MR) is 131 cm³/mol. The minimum atomic E-state index is -1.82. The molecule has 3 heterocycles. The first-order valence-corrected chi connectivity index (χ1v) is 11.7. The molecule has 208 valence electrons. The standard InChI is InChI=1S/C18H23N3O4S.2C2H2O4/c1-3-24-18(23)16-13(14-5-4-10-25-14)12-26-17(16)19-15(22)11-21-8-6-20(2)7-9-21;2*3-1(4)2(5)6/h4-5,10,12H,3,6-9,11H2,1-2H3,(H,19,22);2*(H,3,4)(H,5,6). The molecule has 2 aromatic rings. The van der Waals surface area contributed by atoms with Crippen molar-refractivity contribution in [3.8, 4) is 11.3 Å². The van der Waals surface area contributed by atoms with E-state index in [9.17, 15) is 9.59 Å². The molecule has 1 amide bonds. The summed E-state index contributed by atoms with van der Waals surface area (Å²) in [7, 11) is 2.07. The Hall–Kier alpha value is -4.28. The molecule has 0 aromatic carbocycles. The van der Waals surface area contributed by atoms with Crippen molar-refractivity contribution in [2.75, 3.05) is 51.7 Å². The van der Waals surface area contributed by atoms with Crippen LogP contribution in [0.5, 0.6) is 0 Å². The van der Waals surface area contributed by atoms with Gasteiger partial charge in [-0.05, 0) is 26.1 Å². The fourth-order valence-corrected chi connectivity index (χ4v) is 3.80. The van der Waals surface area contributed by atoms with E-state index >= 15 is 0 Å². The van der Waals surface area contributed by atoms with Gasteiger partial charge in [0.25, 0.3) is 0 Å². The van der Waals surface area contributed by atoms with Gasteiger partial charge < -0.3 is 39.8 Å². The van der Waals surface area contributed by atoms with Gasteiger partial charge in [-0.3, -0.25) is 9.69 Å². The molecule has 3 rings (SSSR count). The molecule has 0 spiro atoms. The number of rotatable bonds is 6. The summed E-state index contributed by atoms with van der Waals surface area (Å²) in [5.74, 6) is -7.32. The van der Waals surface area contributed by atoms with Gasteiger partial charge in [0.05, 0.1) is 19.4 Å². The van der Waals surface area contributed by atoms with Crippen LogP contribution in [0, 0.1) is 0 Å². The number of hydrogen-bond acceptors (Lipinski definition) is 11. The van der Waals surface area contributed by atoms with E-state index < -0.39 is 29.8 Å². The fourth-order valence-electron chi connectivity index (χ4n) is 2.84. The van der Waals surface area contributed by atoms with Gasteiger partial charge in [0.2, 0.25) is 5.91 Å². The number of nitrogens with one attached hydrogen (secondary N) is 1. The monoisotopic (exact) mass is 557 g/mol. The van der Waals surface area contributed by atoms with Crippen molar-refractivity contribution in [2.24, 2.45) is 0 Å². The molecule has 1 aliphatic heterocycles. The number of nitrogens with zero attached hydrogens (tertiary/aromatic N) is 2. The quantitative estimate of drug-likeness (QED) is 0.243. The number of hydrogen-bond donors (Lipinski definition) is 5. The minimum Gasteiger partial charge on any atom is -0.473 e. The van der Waals surface area contributed by atoms with Crippen LogP contribution in [0.3, 0.4) is 0 Å². The number of ether oxygens (including phenoxy) is 1. The van der Waals surface area contributed by atoms with Crippen LogP contribution in [-0.2, 0) is 28.7 Å². The number of carbonyl (C=O) groups excluding carboxylic acids is 2. The third-order valence-corrected chi connectivity index (χ3v) is 5.53. The highest BCUT2D eigenvalue weighted by atomic mass is 32.1. The number of thiophene rings is 1. The topological polar surface area (TPSA) is 224 Å². The molecular formula is C22H27N3O12S. The van der Waals surface area contributed by atoms with Crippen LogP contribution >= 0.6 is 11.3 Å². The van der Waals surface area contributed by atoms with Crippen LogP contribution in [0.4, 0.5) is 5.00 Å². The highest BCUT2D eigenvalue weighted by Gasteiger charge is 2.25. The Bertz CT molecular complexity index is 1070. The zero-order chi connectivity index (χ0) is 28.8. The molecule has 16 heteroatoms. The van der Waals surface area contributed by atoms with Crippen molar-refractivity contribution >= 4 is 52.1 Å². The molecule has 1 fully saturated rings. The first kappa shape index (κ1) is 31.7. The highest BCUT2D eigenvalue weighted by Crippen LogP contribution is 2.36. The van der Waals surface area contributed by atoms with Crippen molar-refractivity contribution in [3.63, 3.8) is 0 Å². The summed E-state index contributed by atoms with van der Waals surface area (Å²) < 4.78 is 10.6. The summed E-state index contributed by atoms with van der Waals surface area (Å²) in [4.78, 5) is 65.6. The Balaban J connectivity index is 0.000000503. The Morgan fingerprint density at radius 3 is 1.97 bits per heavy atom. The van der Waals surface area contributed by atoms with E-state index in [0.717, 1.165) is 26.2 Å². The maximum Gasteiger partial charge on any atom is 0.414 e. The van der Waals surface area contributed by atoms with Gasteiger partial charge in [-0.1, -0.05) is 0 Å². The average Bonchev–Trinajstić information content (AvgIpc) is 3.51. The van der Waals surface area contributed by atoms with E-state index in [4.69, 9.17) is 48.8 Å². The second-order valence-electron chi connectivity index (χ2n) is 7.40. The first-order chi connectivity index (χ1) is 17.9. The number of aliphatic carboxylic acids is 4. The van der Waals surface area contributed by atoms with Gasteiger partial charge in [0.15, 0.2) is 0 Å². The van der Waals surface area contributed by atoms with Crippen LogP contribution in [0.2, 0.25) is 0 Å². The summed E-state index contributed by atoms with van der Waals surface area (Å²) in [5.41, 5.74) is 0.979. The van der Waals surface area contributed by atoms with E-state index in [1.807, 2.05) is 0 Å². The maximum atomic E-state index is 12.5. The summed E-state index contributed by atoms with van der Waals surface area (Å²) in [5, 5.41) is 34.7. The molecule has 15 nitrogen and oxygen atoms in total. The Morgan fingerprint density at radius 2 is 1.53 bits per heavy atom. The number of amides is 1. The highest BCUT2D eigenvalue weighted by molar-refractivity contribution is 7.15. The van der Waals surface area contributed by atoms with E-state index in [0.29, 0.717) is 28.4 Å². The van der Waals surface area contributed by atoms with Gasteiger partial charge in [-0.25, -0.2) is 24.0 Å². The number of carboxylic acid groups (broad SMARTS) is 4. The Kier molecular flexibility index (Phi) is 13.2. The molecule has 0 atom stereocenters. The molecule has 0 bridgehead atoms. The fraction of sp³-hybridized carbons (Fsp3) is 0.364. The number of anilines is 1. The molecule has 0 radical (unpaired) electrons. The third-order valence-electron chi connectivity index (χ3n) is 4.64. The van der Waals surface area contributed by atoms with E-state index in [-0.39, 0.29) is 12.5 Å². The van der Waals surface area contributed by atoms with Crippen molar-refractivity contribution < 1.29 is 58.3 Å². The zero-order valence-corrected chi connectivity index (χ0v) is 21.2. The molecular weight excluding hydrogens is 530 g/mol. The molecule has 0 aliphatic carbocycles. The summed E-state index contributed by atoms with van der Waals surface area (Å²) in [6.45, 7) is 5.94. The van der Waals surface area contributed by atoms with Crippen molar-refractivity contribution in [1.82, 2.24) is 9.80 Å². The van der Waals surface area contributed by atoms with Crippen molar-refractivity contribution in [1.29, 1.82) is 0 Å². The number of piperazine rings is 1. The maximum absolute atomic E-state index is 12.5. The molecule has 38 heavy (non-hydrogen) atoms. The lowest BCUT2D eigenvalue weighted by molar-refractivity contribution is -0.159. The number of furan rings is 1. The normalized spacial score (nSPS) is 13.1. The molecule has 5 N–H and O–H groups in total. The summed E-state index contributed by atoms with van der Waals surface area (Å²) >= 11 is 1.30. The SMILES string of the molecule is CCOC(=O)c1c(-c2ccco2)csc1NC(=O)CN1CCN(C)CC1.O=C(O)C(=O)O.O=C(O)C(=O)O. The number of esters is 1. The largest absolute Gasteiger partial charge is 0.473 e. The first-order valence-electron chi connectivity index (χ1n) is 10.8. The molecule has 0 unspecified atom stereocenters. The van der Waals surface area contributed by atoms with Crippen LogP contribution in [0.1, 0.15) is 17.3 Å². The van der Waals surface area contributed by atoms with Crippen LogP contribution in [0.15, 0.2) is 28.2 Å². The van der Waals surface area contributed by atoms with Gasteiger partial charge >= 0.3 is 29.8 Å². The van der Waals surface area contributed by atoms with Gasteiger partial charge in [-0.15, -0.1) is 11.3 Å². The minimum absolute atomic E-state index is 0.132. The van der Waals surface area contributed by atoms with Gasteiger partial charge in [0, 0.05) is 37.1 Å². The van der Waals surface area contributed by atoms with Gasteiger partial charge in [0.1, 0.15) is 16.3 Å². The van der Waals surface area contributed by atoms with E-state index in [1.165, 1.54) is 11.3 Å². The van der Waals surface area contributed by atoms with Crippen molar-refractivity contribution in [3.05, 3.63) is 29.3 Å². The number of carbonyl (C=O) groups is 6. The van der Waals surface area contributed by atoms with Crippen LogP contribution in [-0.4, -0.2) is 112 Å². The molecule has 1 aliphatic rings. The second kappa shape index (κ2) is 15.7. The van der Waals surface area contributed by atoms with Gasteiger partial charge in [-0.2, -0.15) is 0 Å². The smallest absolute Gasteiger partial charge is 0.414 e.